The van der Waals surface area contributed by atoms with Crippen molar-refractivity contribution in [1.29, 1.82) is 0 Å². The number of rotatable bonds is 4. The van der Waals surface area contributed by atoms with Gasteiger partial charge in [-0.1, -0.05) is 50.6 Å². The summed E-state index contributed by atoms with van der Waals surface area (Å²) in [7, 11) is 0. The summed E-state index contributed by atoms with van der Waals surface area (Å²) < 4.78 is 0. The number of benzene rings is 1. The van der Waals surface area contributed by atoms with Crippen LogP contribution in [0.25, 0.3) is 0 Å². The average Bonchev–Trinajstić information content (AvgIpc) is 2.78. The summed E-state index contributed by atoms with van der Waals surface area (Å²) >= 11 is 0. The molecule has 3 atom stereocenters. The van der Waals surface area contributed by atoms with Gasteiger partial charge in [-0.15, -0.1) is 0 Å². The fourth-order valence-electron chi connectivity index (χ4n) is 3.03. The molecule has 0 heterocycles. The first-order chi connectivity index (χ1) is 9.20. The molecule has 19 heavy (non-hydrogen) atoms. The predicted octanol–water partition coefficient (Wildman–Crippen LogP) is 3.31. The van der Waals surface area contributed by atoms with Gasteiger partial charge in [0.2, 0.25) is 0 Å². The molecule has 1 aromatic carbocycles. The standard InChI is InChI=1S/C16H24N2O/c1-3-14-9-10-15(12(14)2)18-16(19)17-11-13-7-5-4-6-8-13/h4-8,12,14-15H,3,9-11H2,1-2H3,(H2,17,18,19). The van der Waals surface area contributed by atoms with Gasteiger partial charge in [0.1, 0.15) is 0 Å². The van der Waals surface area contributed by atoms with Gasteiger partial charge < -0.3 is 10.6 Å². The smallest absolute Gasteiger partial charge is 0.315 e. The Bertz CT molecular complexity index is 404. The van der Waals surface area contributed by atoms with Crippen LogP contribution in [0.15, 0.2) is 30.3 Å². The third kappa shape index (κ3) is 3.72. The molecule has 3 unspecified atom stereocenters. The molecule has 2 N–H and O–H groups in total. The van der Waals surface area contributed by atoms with Crippen LogP contribution in [-0.4, -0.2) is 12.1 Å². The minimum Gasteiger partial charge on any atom is -0.335 e. The van der Waals surface area contributed by atoms with Gasteiger partial charge in [0.05, 0.1) is 0 Å². The van der Waals surface area contributed by atoms with E-state index in [0.717, 1.165) is 17.9 Å². The topological polar surface area (TPSA) is 41.1 Å². The van der Waals surface area contributed by atoms with E-state index in [2.05, 4.69) is 24.5 Å². The minimum absolute atomic E-state index is 0.0440. The van der Waals surface area contributed by atoms with E-state index in [4.69, 9.17) is 0 Å². The van der Waals surface area contributed by atoms with Gasteiger partial charge >= 0.3 is 6.03 Å². The zero-order chi connectivity index (χ0) is 13.7. The van der Waals surface area contributed by atoms with Crippen molar-refractivity contribution < 1.29 is 4.79 Å². The number of carbonyl (C=O) groups is 1. The van der Waals surface area contributed by atoms with Crippen molar-refractivity contribution >= 4 is 6.03 Å². The zero-order valence-electron chi connectivity index (χ0n) is 11.9. The highest BCUT2D eigenvalue weighted by Crippen LogP contribution is 2.33. The predicted molar refractivity (Wildman–Crippen MR) is 77.8 cm³/mol. The fraction of sp³-hybridized carbons (Fsp3) is 0.562. The van der Waals surface area contributed by atoms with Gasteiger partial charge in [-0.05, 0) is 30.2 Å². The first kappa shape index (κ1) is 13.9. The lowest BCUT2D eigenvalue weighted by Gasteiger charge is -2.21. The number of hydrogen-bond donors (Lipinski definition) is 2. The quantitative estimate of drug-likeness (QED) is 0.856. The van der Waals surface area contributed by atoms with E-state index in [0.29, 0.717) is 18.5 Å². The van der Waals surface area contributed by atoms with Gasteiger partial charge in [-0.2, -0.15) is 0 Å². The summed E-state index contributed by atoms with van der Waals surface area (Å²) in [6.07, 6.45) is 3.56. The molecule has 0 aromatic heterocycles. The summed E-state index contributed by atoms with van der Waals surface area (Å²) in [6, 6.07) is 10.3. The maximum absolute atomic E-state index is 11.9. The Morgan fingerprint density at radius 2 is 2.00 bits per heavy atom. The fourth-order valence-corrected chi connectivity index (χ4v) is 3.03. The van der Waals surface area contributed by atoms with Gasteiger partial charge in [-0.25, -0.2) is 4.79 Å². The second-order valence-electron chi connectivity index (χ2n) is 5.52. The first-order valence-corrected chi connectivity index (χ1v) is 7.29. The highest BCUT2D eigenvalue weighted by Gasteiger charge is 2.32. The highest BCUT2D eigenvalue weighted by molar-refractivity contribution is 5.74. The molecule has 3 heteroatoms. The summed E-state index contributed by atoms with van der Waals surface area (Å²) in [4.78, 5) is 11.9. The van der Waals surface area contributed by atoms with E-state index in [-0.39, 0.29) is 6.03 Å². The summed E-state index contributed by atoms with van der Waals surface area (Å²) in [6.45, 7) is 5.08. The lowest BCUT2D eigenvalue weighted by molar-refractivity contribution is 0.231. The SMILES string of the molecule is CCC1CCC(NC(=O)NCc2ccccc2)C1C. The largest absolute Gasteiger partial charge is 0.335 e. The van der Waals surface area contributed by atoms with Crippen molar-refractivity contribution in [1.82, 2.24) is 10.6 Å². The van der Waals surface area contributed by atoms with Crippen molar-refractivity contribution in [3.8, 4) is 0 Å². The summed E-state index contributed by atoms with van der Waals surface area (Å²) in [5.41, 5.74) is 1.13. The van der Waals surface area contributed by atoms with E-state index in [1.807, 2.05) is 30.3 Å². The summed E-state index contributed by atoms with van der Waals surface area (Å²) in [5.74, 6) is 1.35. The molecule has 104 valence electrons. The molecule has 0 saturated heterocycles. The monoisotopic (exact) mass is 260 g/mol. The highest BCUT2D eigenvalue weighted by atomic mass is 16.2. The molecule has 1 fully saturated rings. The molecule has 3 nitrogen and oxygen atoms in total. The number of nitrogens with one attached hydrogen (secondary N) is 2. The Morgan fingerprint density at radius 3 is 2.63 bits per heavy atom. The lowest BCUT2D eigenvalue weighted by Crippen LogP contribution is -2.43. The third-order valence-corrected chi connectivity index (χ3v) is 4.36. The van der Waals surface area contributed by atoms with Gasteiger partial charge in [0, 0.05) is 12.6 Å². The molecule has 1 aromatic rings. The van der Waals surface area contributed by atoms with E-state index in [1.165, 1.54) is 12.8 Å². The van der Waals surface area contributed by atoms with Crippen LogP contribution < -0.4 is 10.6 Å². The van der Waals surface area contributed by atoms with E-state index in [1.54, 1.807) is 0 Å². The molecule has 2 rings (SSSR count). The molecule has 2 amide bonds. The second kappa shape index (κ2) is 6.60. The van der Waals surface area contributed by atoms with Crippen LogP contribution in [0.3, 0.4) is 0 Å². The van der Waals surface area contributed by atoms with Crippen molar-refractivity contribution in [2.45, 2.75) is 45.7 Å². The number of amides is 2. The molecular formula is C16H24N2O. The van der Waals surface area contributed by atoms with Crippen LogP contribution in [0, 0.1) is 11.8 Å². The number of urea groups is 1. The molecular weight excluding hydrogens is 236 g/mol. The Balaban J connectivity index is 1.76. The first-order valence-electron chi connectivity index (χ1n) is 7.29. The van der Waals surface area contributed by atoms with Crippen molar-refractivity contribution in [2.75, 3.05) is 0 Å². The maximum atomic E-state index is 11.9. The van der Waals surface area contributed by atoms with Crippen LogP contribution in [0.2, 0.25) is 0 Å². The molecule has 1 aliphatic carbocycles. The average molecular weight is 260 g/mol. The van der Waals surface area contributed by atoms with Crippen molar-refractivity contribution in [2.24, 2.45) is 11.8 Å². The molecule has 0 bridgehead atoms. The van der Waals surface area contributed by atoms with E-state index >= 15 is 0 Å². The molecule has 0 spiro atoms. The zero-order valence-corrected chi connectivity index (χ0v) is 11.9. The van der Waals surface area contributed by atoms with Crippen LogP contribution in [0.4, 0.5) is 4.79 Å². The van der Waals surface area contributed by atoms with Gasteiger partial charge in [0.15, 0.2) is 0 Å². The number of hydrogen-bond acceptors (Lipinski definition) is 1. The van der Waals surface area contributed by atoms with Crippen LogP contribution in [0.5, 0.6) is 0 Å². The molecule has 0 radical (unpaired) electrons. The second-order valence-corrected chi connectivity index (χ2v) is 5.52. The number of carbonyl (C=O) groups excluding carboxylic acids is 1. The summed E-state index contributed by atoms with van der Waals surface area (Å²) in [5, 5.41) is 6.04. The van der Waals surface area contributed by atoms with Crippen molar-refractivity contribution in [3.63, 3.8) is 0 Å². The lowest BCUT2D eigenvalue weighted by atomic mass is 9.94. The molecule has 1 aliphatic rings. The Kier molecular flexibility index (Phi) is 4.83. The van der Waals surface area contributed by atoms with Gasteiger partial charge in [0.25, 0.3) is 0 Å². The molecule has 1 saturated carbocycles. The van der Waals surface area contributed by atoms with Crippen molar-refractivity contribution in [3.05, 3.63) is 35.9 Å². The minimum atomic E-state index is -0.0440. The van der Waals surface area contributed by atoms with Crippen LogP contribution in [-0.2, 0) is 6.54 Å². The van der Waals surface area contributed by atoms with Crippen LogP contribution in [0.1, 0.15) is 38.7 Å². The molecule has 0 aliphatic heterocycles. The normalized spacial score (nSPS) is 26.1. The van der Waals surface area contributed by atoms with E-state index < -0.39 is 0 Å². The van der Waals surface area contributed by atoms with Crippen LogP contribution >= 0.6 is 0 Å². The Labute approximate surface area is 115 Å². The van der Waals surface area contributed by atoms with Gasteiger partial charge in [-0.3, -0.25) is 0 Å². The Hall–Kier alpha value is -1.51. The third-order valence-electron chi connectivity index (χ3n) is 4.36. The maximum Gasteiger partial charge on any atom is 0.315 e. The van der Waals surface area contributed by atoms with E-state index in [9.17, 15) is 4.79 Å². The Morgan fingerprint density at radius 1 is 1.26 bits per heavy atom.